The Morgan fingerprint density at radius 2 is 1.09 bits per heavy atom. The van der Waals surface area contributed by atoms with Gasteiger partial charge in [-0.3, -0.25) is 13.7 Å². The molecular weight excluding hydrogens is 803 g/mol. The van der Waals surface area contributed by atoms with E-state index in [4.69, 9.17) is 27.6 Å². The van der Waals surface area contributed by atoms with E-state index in [0.29, 0.717) is 39.0 Å². The molecular formula is C33H27N5O13S4. The molecule has 0 aromatic heterocycles. The van der Waals surface area contributed by atoms with E-state index in [-0.39, 0.29) is 39.6 Å². The van der Waals surface area contributed by atoms with Crippen LogP contribution in [0.15, 0.2) is 127 Å². The van der Waals surface area contributed by atoms with E-state index in [0.717, 1.165) is 10.8 Å². The Kier molecular flexibility index (Phi) is 12.0. The van der Waals surface area contributed by atoms with Gasteiger partial charge in [0.05, 0.1) is 44.9 Å². The quantitative estimate of drug-likeness (QED) is 0.0457. The van der Waals surface area contributed by atoms with Gasteiger partial charge in [-0.1, -0.05) is 24.3 Å². The van der Waals surface area contributed by atoms with Gasteiger partial charge >= 0.3 is 10.6 Å². The summed E-state index contributed by atoms with van der Waals surface area (Å²) < 4.78 is 129. The van der Waals surface area contributed by atoms with Gasteiger partial charge in [-0.15, -0.1) is 28.0 Å². The maximum absolute atomic E-state index is 12.0. The second-order valence-electron chi connectivity index (χ2n) is 11.4. The summed E-state index contributed by atoms with van der Waals surface area (Å²) >= 11 is 0. The van der Waals surface area contributed by atoms with Crippen molar-refractivity contribution in [3.05, 3.63) is 97.1 Å². The summed E-state index contributed by atoms with van der Waals surface area (Å²) in [5.74, 6) is 0.104. The summed E-state index contributed by atoms with van der Waals surface area (Å²) in [5, 5.41) is 20.4. The molecule has 0 aliphatic rings. The van der Waals surface area contributed by atoms with Gasteiger partial charge in [-0.25, -0.2) is 0 Å². The molecule has 0 unspecified atom stereocenters. The van der Waals surface area contributed by atoms with E-state index in [1.54, 1.807) is 42.5 Å². The molecule has 0 heterocycles. The molecule has 0 aliphatic carbocycles. The van der Waals surface area contributed by atoms with Gasteiger partial charge in [-0.2, -0.15) is 30.4 Å². The van der Waals surface area contributed by atoms with E-state index in [1.807, 2.05) is 6.07 Å². The fourth-order valence-electron chi connectivity index (χ4n) is 5.28. The zero-order valence-electron chi connectivity index (χ0n) is 27.8. The van der Waals surface area contributed by atoms with Crippen molar-refractivity contribution in [2.45, 2.75) is 16.2 Å². The van der Waals surface area contributed by atoms with Gasteiger partial charge in [0, 0.05) is 32.6 Å². The first-order valence-electron chi connectivity index (χ1n) is 15.4. The van der Waals surface area contributed by atoms with Crippen LogP contribution in [0.3, 0.4) is 0 Å². The monoisotopic (exact) mass is 829 g/mol. The molecule has 0 aliphatic heterocycles. The maximum Gasteiger partial charge on any atom is 0.425 e. The Labute approximate surface area is 314 Å². The summed E-state index contributed by atoms with van der Waals surface area (Å²) in [6, 6.07) is 24.5. The van der Waals surface area contributed by atoms with Gasteiger partial charge in [0.1, 0.15) is 5.75 Å². The van der Waals surface area contributed by atoms with Gasteiger partial charge in [-0.05, 0) is 84.6 Å². The number of rotatable bonds is 11. The van der Waals surface area contributed by atoms with Crippen LogP contribution in [-0.4, -0.2) is 63.9 Å². The van der Waals surface area contributed by atoms with Crippen LogP contribution < -0.4 is 10.5 Å². The van der Waals surface area contributed by atoms with E-state index < -0.39 is 46.7 Å². The molecule has 22 heteroatoms. The number of fused-ring (bicyclic) bond motifs is 3. The fraction of sp³-hybridized carbons (Fsp3) is 0.0909. The lowest BCUT2D eigenvalue weighted by Gasteiger charge is -2.09. The summed E-state index contributed by atoms with van der Waals surface area (Å²) in [5.41, 5.74) is 7.62. The van der Waals surface area contributed by atoms with Crippen LogP contribution in [0.25, 0.3) is 32.3 Å². The van der Waals surface area contributed by atoms with Crippen LogP contribution in [0.5, 0.6) is 5.75 Å². The first-order chi connectivity index (χ1) is 25.8. The van der Waals surface area contributed by atoms with Crippen molar-refractivity contribution < 1.29 is 56.3 Å². The predicted molar refractivity (Wildman–Crippen MR) is 200 cm³/mol. The van der Waals surface area contributed by atoms with Gasteiger partial charge in [0.25, 0.3) is 30.4 Å². The third-order valence-electron chi connectivity index (χ3n) is 7.70. The zero-order valence-corrected chi connectivity index (χ0v) is 31.0. The predicted octanol–water partition coefficient (Wildman–Crippen LogP) is 6.71. The number of nitrogens with two attached hydrogens (primary N) is 1. The number of ether oxygens (including phenoxy) is 1. The zero-order chi connectivity index (χ0) is 40.1. The molecule has 0 amide bonds. The highest BCUT2D eigenvalue weighted by molar-refractivity contribution is 7.86. The van der Waals surface area contributed by atoms with Crippen molar-refractivity contribution in [1.29, 1.82) is 0 Å². The first kappa shape index (κ1) is 40.4. The number of nitrogen functional groups attached to an aromatic ring is 1. The van der Waals surface area contributed by atoms with Crippen LogP contribution >= 0.6 is 0 Å². The Morgan fingerprint density at radius 1 is 0.582 bits per heavy atom. The maximum atomic E-state index is 12.0. The van der Waals surface area contributed by atoms with Gasteiger partial charge in [0.2, 0.25) is 0 Å². The molecule has 0 spiro atoms. The molecule has 0 bridgehead atoms. The Bertz CT molecular complexity index is 2990. The van der Waals surface area contributed by atoms with Crippen molar-refractivity contribution in [2.24, 2.45) is 20.5 Å². The van der Waals surface area contributed by atoms with E-state index in [9.17, 15) is 34.4 Å². The number of benzene rings is 6. The first-order valence-corrected chi connectivity index (χ1v) is 20.8. The third kappa shape index (κ3) is 10.5. The van der Waals surface area contributed by atoms with Crippen molar-refractivity contribution in [1.82, 2.24) is 0 Å². The number of azo groups is 2. The summed E-state index contributed by atoms with van der Waals surface area (Å²) in [6.07, 6.45) is 0.111. The van der Waals surface area contributed by atoms with E-state index in [2.05, 4.69) is 20.5 Å². The minimum atomic E-state index is -4.59. The molecule has 0 atom stereocenters. The highest BCUT2D eigenvalue weighted by Crippen LogP contribution is 2.39. The molecule has 6 aromatic rings. The third-order valence-corrected chi connectivity index (χ3v) is 10.2. The average Bonchev–Trinajstić information content (AvgIpc) is 3.10. The van der Waals surface area contributed by atoms with Gasteiger partial charge < -0.3 is 10.5 Å². The number of hydrogen-bond acceptors (Lipinski definition) is 15. The van der Waals surface area contributed by atoms with E-state index >= 15 is 0 Å². The number of nitrogens with zero attached hydrogens (tertiary/aromatic N) is 4. The molecule has 0 saturated carbocycles. The molecule has 6 rings (SSSR count). The number of hydrogen-bond donors (Lipinski definition) is 4. The Balaban J connectivity index is 0.00000138. The molecule has 0 saturated heterocycles. The minimum absolute atomic E-state index is 0.0801. The van der Waals surface area contributed by atoms with Crippen molar-refractivity contribution >= 4 is 102 Å². The SMILES string of the molecule is Nc1ccc(N=Nc2ccc(N=Nc3ccc4c(OCCCS(=O)(=O)O)cccc4c3)c3ccc(S(=O)(=O)O)cc23)c2ccc(S(=O)(=O)O)cc12.O=S(=O)=O. The highest BCUT2D eigenvalue weighted by Gasteiger charge is 2.16. The topological polar surface area (TPSA) is 299 Å². The van der Waals surface area contributed by atoms with Crippen LogP contribution in [-0.2, 0) is 41.0 Å². The smallest absolute Gasteiger partial charge is 0.425 e. The van der Waals surface area contributed by atoms with Crippen LogP contribution in [0.2, 0.25) is 0 Å². The molecule has 6 aromatic carbocycles. The van der Waals surface area contributed by atoms with Crippen molar-refractivity contribution in [3.8, 4) is 5.75 Å². The average molecular weight is 830 g/mol. The second kappa shape index (κ2) is 16.3. The standard InChI is InChI=1S/C33H27N5O10S3.O3S/c34-29-11-12-30(25-9-6-22(18-27(25)29)50(42,43)44)37-38-32-14-13-31(26-10-7-23(19-28(26)32)51(45,46)47)36-35-21-5-8-24-20(17-21)3-1-4-33(24)48-15-2-16-49(39,40)41;1-4(2)3/h1,3-14,17-19H,2,15-16,34H2,(H,39,40,41)(H,42,43,44)(H,45,46,47);. The summed E-state index contributed by atoms with van der Waals surface area (Å²) in [7, 11) is -16.3. The summed E-state index contributed by atoms with van der Waals surface area (Å²) in [6.45, 7) is 0.0801. The van der Waals surface area contributed by atoms with Crippen LogP contribution in [0, 0.1) is 0 Å². The fourth-order valence-corrected chi connectivity index (χ4v) is 6.78. The van der Waals surface area contributed by atoms with Crippen LogP contribution in [0.1, 0.15) is 6.42 Å². The molecule has 0 radical (unpaired) electrons. The second-order valence-corrected chi connectivity index (χ2v) is 16.2. The van der Waals surface area contributed by atoms with Crippen molar-refractivity contribution in [3.63, 3.8) is 0 Å². The lowest BCUT2D eigenvalue weighted by molar-refractivity contribution is 0.319. The molecule has 55 heavy (non-hydrogen) atoms. The number of anilines is 1. The minimum Gasteiger partial charge on any atom is -0.493 e. The Morgan fingerprint density at radius 3 is 1.67 bits per heavy atom. The summed E-state index contributed by atoms with van der Waals surface area (Å²) in [4.78, 5) is -0.736. The lowest BCUT2D eigenvalue weighted by Crippen LogP contribution is -2.08. The lowest BCUT2D eigenvalue weighted by atomic mass is 10.1. The van der Waals surface area contributed by atoms with Gasteiger partial charge in [0.15, 0.2) is 0 Å². The molecule has 286 valence electrons. The van der Waals surface area contributed by atoms with Crippen molar-refractivity contribution in [2.75, 3.05) is 18.1 Å². The normalized spacial score (nSPS) is 12.3. The molecule has 5 N–H and O–H groups in total. The van der Waals surface area contributed by atoms with E-state index in [1.165, 1.54) is 48.5 Å². The Hall–Kier alpha value is -5.75. The molecule has 0 fully saturated rings. The largest absolute Gasteiger partial charge is 0.493 e. The van der Waals surface area contributed by atoms with Crippen LogP contribution in [0.4, 0.5) is 28.4 Å². The highest BCUT2D eigenvalue weighted by atomic mass is 32.2. The molecule has 18 nitrogen and oxygen atoms in total.